The number of nitrogens with one attached hydrogen (secondary N) is 1. The molecule has 0 atom stereocenters. The zero-order valence-electron chi connectivity index (χ0n) is 14.8. The third kappa shape index (κ3) is 4.37. The summed E-state index contributed by atoms with van der Waals surface area (Å²) in [5, 5.41) is 4.76. The number of carbonyl (C=O) groups excluding carboxylic acids is 1. The first kappa shape index (κ1) is 19.1. The van der Waals surface area contributed by atoms with Gasteiger partial charge >= 0.3 is 0 Å². The second kappa shape index (κ2) is 8.37. The first-order valence-electron chi connectivity index (χ1n) is 8.51. The number of hydrogen-bond acceptors (Lipinski definition) is 4. The largest absolute Gasteiger partial charge is 0.347 e. The van der Waals surface area contributed by atoms with Crippen molar-refractivity contribution in [3.63, 3.8) is 0 Å². The summed E-state index contributed by atoms with van der Waals surface area (Å²) in [5.41, 5.74) is 0.907. The van der Waals surface area contributed by atoms with Crippen molar-refractivity contribution in [2.24, 2.45) is 0 Å². The molecule has 0 saturated heterocycles. The van der Waals surface area contributed by atoms with E-state index in [1.54, 1.807) is 54.7 Å². The van der Waals surface area contributed by atoms with Gasteiger partial charge in [0.2, 0.25) is 0 Å². The minimum absolute atomic E-state index is 0.0944. The summed E-state index contributed by atoms with van der Waals surface area (Å²) < 4.78 is 27.5. The number of anilines is 1. The van der Waals surface area contributed by atoms with E-state index in [1.807, 2.05) is 23.6 Å². The molecule has 3 rings (SSSR count). The summed E-state index contributed by atoms with van der Waals surface area (Å²) in [6, 6.07) is 18.9. The van der Waals surface area contributed by atoms with Crippen molar-refractivity contribution >= 4 is 33.0 Å². The first-order chi connectivity index (χ1) is 13.0. The summed E-state index contributed by atoms with van der Waals surface area (Å²) in [6.45, 7) is 2.49. The molecule has 0 saturated carbocycles. The van der Waals surface area contributed by atoms with Crippen molar-refractivity contribution in [3.8, 4) is 0 Å². The number of para-hydroxylation sites is 1. The van der Waals surface area contributed by atoms with Gasteiger partial charge in [-0.1, -0.05) is 30.3 Å². The van der Waals surface area contributed by atoms with E-state index in [4.69, 9.17) is 0 Å². The lowest BCUT2D eigenvalue weighted by Gasteiger charge is -2.23. The van der Waals surface area contributed by atoms with E-state index in [1.165, 1.54) is 16.4 Å². The van der Waals surface area contributed by atoms with Crippen molar-refractivity contribution in [1.82, 2.24) is 5.32 Å². The van der Waals surface area contributed by atoms with Gasteiger partial charge in [0.05, 0.1) is 17.1 Å². The Kier molecular flexibility index (Phi) is 5.93. The van der Waals surface area contributed by atoms with Gasteiger partial charge in [-0.05, 0) is 48.7 Å². The lowest BCUT2D eigenvalue weighted by molar-refractivity contribution is 0.0951. The van der Waals surface area contributed by atoms with Crippen LogP contribution in [0.15, 0.2) is 77.0 Å². The van der Waals surface area contributed by atoms with Gasteiger partial charge < -0.3 is 5.32 Å². The maximum Gasteiger partial charge on any atom is 0.264 e. The Bertz CT molecular complexity index is 1000. The van der Waals surface area contributed by atoms with Crippen LogP contribution in [0.3, 0.4) is 0 Å². The first-order valence-corrected chi connectivity index (χ1v) is 10.8. The van der Waals surface area contributed by atoms with Gasteiger partial charge in [0.15, 0.2) is 0 Å². The standard InChI is InChI=1S/C20H20N2O3S2/c1-2-22(17-9-4-3-5-10-17)27(24,25)19-12-6-8-16(14-19)20(23)21-15-18-11-7-13-26-18/h3-14H,2,15H2,1H3,(H,21,23). The molecule has 0 spiro atoms. The molecule has 0 aliphatic heterocycles. The molecule has 1 heterocycles. The lowest BCUT2D eigenvalue weighted by Crippen LogP contribution is -2.31. The van der Waals surface area contributed by atoms with Crippen LogP contribution in [0.25, 0.3) is 0 Å². The van der Waals surface area contributed by atoms with Gasteiger partial charge in [-0.15, -0.1) is 11.3 Å². The Morgan fingerprint density at radius 3 is 2.48 bits per heavy atom. The molecule has 27 heavy (non-hydrogen) atoms. The third-order valence-corrected chi connectivity index (χ3v) is 6.79. The molecule has 0 bridgehead atoms. The van der Waals surface area contributed by atoms with Crippen LogP contribution in [0.5, 0.6) is 0 Å². The topological polar surface area (TPSA) is 66.5 Å². The SMILES string of the molecule is CCN(c1ccccc1)S(=O)(=O)c1cccc(C(=O)NCc2cccs2)c1. The Hall–Kier alpha value is -2.64. The van der Waals surface area contributed by atoms with Gasteiger partial charge in [0, 0.05) is 17.0 Å². The number of benzene rings is 2. The molecule has 0 aliphatic rings. The molecule has 5 nitrogen and oxygen atoms in total. The van der Waals surface area contributed by atoms with Crippen molar-refractivity contribution < 1.29 is 13.2 Å². The molecule has 0 unspecified atom stereocenters. The number of carbonyl (C=O) groups is 1. The molecule has 0 radical (unpaired) electrons. The Labute approximate surface area is 163 Å². The highest BCUT2D eigenvalue weighted by Gasteiger charge is 2.24. The van der Waals surface area contributed by atoms with Crippen LogP contribution in [-0.2, 0) is 16.6 Å². The summed E-state index contributed by atoms with van der Waals surface area (Å²) in [6.07, 6.45) is 0. The molecule has 1 amide bonds. The van der Waals surface area contributed by atoms with E-state index < -0.39 is 10.0 Å². The number of rotatable bonds is 7. The maximum absolute atomic E-state index is 13.1. The number of thiophene rings is 1. The lowest BCUT2D eigenvalue weighted by atomic mass is 10.2. The number of amides is 1. The summed E-state index contributed by atoms with van der Waals surface area (Å²) >= 11 is 1.55. The highest BCUT2D eigenvalue weighted by Crippen LogP contribution is 2.23. The molecular formula is C20H20N2O3S2. The van der Waals surface area contributed by atoms with Crippen LogP contribution in [0.1, 0.15) is 22.2 Å². The number of hydrogen-bond donors (Lipinski definition) is 1. The fraction of sp³-hybridized carbons (Fsp3) is 0.150. The smallest absolute Gasteiger partial charge is 0.264 e. The highest BCUT2D eigenvalue weighted by molar-refractivity contribution is 7.92. The second-order valence-electron chi connectivity index (χ2n) is 5.80. The average Bonchev–Trinajstić information content (AvgIpc) is 3.21. The zero-order chi connectivity index (χ0) is 19.3. The molecule has 1 N–H and O–H groups in total. The van der Waals surface area contributed by atoms with Crippen LogP contribution in [0.2, 0.25) is 0 Å². The van der Waals surface area contributed by atoms with E-state index in [-0.39, 0.29) is 10.8 Å². The van der Waals surface area contributed by atoms with Crippen LogP contribution in [-0.4, -0.2) is 20.9 Å². The second-order valence-corrected chi connectivity index (χ2v) is 8.69. The molecule has 2 aromatic carbocycles. The molecular weight excluding hydrogens is 380 g/mol. The maximum atomic E-state index is 13.1. The predicted molar refractivity (Wildman–Crippen MR) is 109 cm³/mol. The molecule has 1 aromatic heterocycles. The minimum atomic E-state index is -3.76. The number of nitrogens with zero attached hydrogens (tertiary/aromatic N) is 1. The quantitative estimate of drug-likeness (QED) is 0.654. The van der Waals surface area contributed by atoms with Crippen molar-refractivity contribution in [3.05, 3.63) is 82.6 Å². The van der Waals surface area contributed by atoms with E-state index in [0.29, 0.717) is 24.3 Å². The molecule has 0 aliphatic carbocycles. The Morgan fingerprint density at radius 2 is 1.81 bits per heavy atom. The fourth-order valence-electron chi connectivity index (χ4n) is 2.69. The Balaban J connectivity index is 1.84. The third-order valence-electron chi connectivity index (χ3n) is 4.02. The van der Waals surface area contributed by atoms with Crippen LogP contribution in [0, 0.1) is 0 Å². The van der Waals surface area contributed by atoms with E-state index in [0.717, 1.165) is 4.88 Å². The highest BCUT2D eigenvalue weighted by atomic mass is 32.2. The normalized spacial score (nSPS) is 11.1. The fourth-order valence-corrected chi connectivity index (χ4v) is 4.86. The van der Waals surface area contributed by atoms with Gasteiger partial charge in [-0.3, -0.25) is 9.10 Å². The van der Waals surface area contributed by atoms with Crippen molar-refractivity contribution in [2.75, 3.05) is 10.8 Å². The van der Waals surface area contributed by atoms with Gasteiger partial charge in [-0.2, -0.15) is 0 Å². The van der Waals surface area contributed by atoms with E-state index in [2.05, 4.69) is 5.32 Å². The molecule has 7 heteroatoms. The number of sulfonamides is 1. The summed E-state index contributed by atoms with van der Waals surface area (Å²) in [7, 11) is -3.76. The van der Waals surface area contributed by atoms with Crippen molar-refractivity contribution in [1.29, 1.82) is 0 Å². The summed E-state index contributed by atoms with van der Waals surface area (Å²) in [5.74, 6) is -0.303. The average molecular weight is 401 g/mol. The van der Waals surface area contributed by atoms with E-state index >= 15 is 0 Å². The predicted octanol–water partition coefficient (Wildman–Crippen LogP) is 3.89. The van der Waals surface area contributed by atoms with Gasteiger partial charge in [0.1, 0.15) is 0 Å². The molecule has 3 aromatic rings. The van der Waals surface area contributed by atoms with Crippen LogP contribution >= 0.6 is 11.3 Å². The summed E-state index contributed by atoms with van der Waals surface area (Å²) in [4.78, 5) is 13.5. The minimum Gasteiger partial charge on any atom is -0.347 e. The monoisotopic (exact) mass is 400 g/mol. The van der Waals surface area contributed by atoms with Gasteiger partial charge in [0.25, 0.3) is 15.9 Å². The van der Waals surface area contributed by atoms with Crippen LogP contribution < -0.4 is 9.62 Å². The van der Waals surface area contributed by atoms with Gasteiger partial charge in [-0.25, -0.2) is 8.42 Å². The molecule has 140 valence electrons. The zero-order valence-corrected chi connectivity index (χ0v) is 16.5. The van der Waals surface area contributed by atoms with E-state index in [9.17, 15) is 13.2 Å². The van der Waals surface area contributed by atoms with Crippen LogP contribution in [0.4, 0.5) is 5.69 Å². The Morgan fingerprint density at radius 1 is 1.04 bits per heavy atom. The molecule has 0 fully saturated rings. The van der Waals surface area contributed by atoms with Crippen molar-refractivity contribution in [2.45, 2.75) is 18.4 Å².